The Kier molecular flexibility index (Phi) is 4.32. The summed E-state index contributed by atoms with van der Waals surface area (Å²) in [4.78, 5) is 27.4. The van der Waals surface area contributed by atoms with Crippen LogP contribution < -0.4 is 10.9 Å². The summed E-state index contributed by atoms with van der Waals surface area (Å²) in [5.41, 5.74) is 6.44. The third-order valence-corrected chi connectivity index (χ3v) is 2.84. The van der Waals surface area contributed by atoms with Gasteiger partial charge in [0.15, 0.2) is 5.78 Å². The number of amides is 1. The van der Waals surface area contributed by atoms with E-state index in [4.69, 9.17) is 11.6 Å². The Hall–Kier alpha value is -2.40. The molecule has 1 aromatic rings. The maximum Gasteiger partial charge on any atom is 0.269 e. The van der Waals surface area contributed by atoms with Crippen LogP contribution >= 0.6 is 11.6 Å². The lowest BCUT2D eigenvalue weighted by molar-refractivity contribution is -0.112. The van der Waals surface area contributed by atoms with Gasteiger partial charge in [0.05, 0.1) is 0 Å². The number of carbonyl (C=O) groups is 2. The minimum atomic E-state index is -0.324. The van der Waals surface area contributed by atoms with Gasteiger partial charge in [-0.3, -0.25) is 20.0 Å². The molecular formula is C14H12ClN3O2. The Morgan fingerprint density at radius 3 is 2.70 bits per heavy atom. The molecule has 2 rings (SSSR count). The number of rotatable bonds is 3. The van der Waals surface area contributed by atoms with E-state index in [1.807, 2.05) is 0 Å². The number of aromatic nitrogens is 1. The number of hydrogen-bond donors (Lipinski definition) is 2. The highest BCUT2D eigenvalue weighted by Gasteiger charge is 2.15. The average molecular weight is 290 g/mol. The highest BCUT2D eigenvalue weighted by atomic mass is 35.5. The number of nitrogens with one attached hydrogen (secondary N) is 2. The third-order valence-electron chi connectivity index (χ3n) is 2.62. The fraction of sp³-hybridized carbons (Fsp3) is 0.0714. The van der Waals surface area contributed by atoms with Gasteiger partial charge in [0.2, 0.25) is 0 Å². The minimum Gasteiger partial charge on any atom is -0.305 e. The number of hydrogen-bond acceptors (Lipinski definition) is 4. The Bertz CT molecular complexity index is 633. The molecule has 0 aromatic carbocycles. The molecule has 1 aromatic heterocycles. The van der Waals surface area contributed by atoms with Crippen LogP contribution in [0.2, 0.25) is 0 Å². The summed E-state index contributed by atoms with van der Waals surface area (Å²) in [6.45, 7) is 1.68. The second kappa shape index (κ2) is 6.16. The van der Waals surface area contributed by atoms with E-state index < -0.39 is 0 Å². The molecule has 0 bridgehead atoms. The number of Topliss-reactive ketones (excluding diaryl/α,β-unsaturated/α-hetero) is 1. The molecule has 1 aliphatic rings. The van der Waals surface area contributed by atoms with E-state index >= 15 is 0 Å². The van der Waals surface area contributed by atoms with Crippen molar-refractivity contribution in [1.82, 2.24) is 15.8 Å². The molecule has 2 N–H and O–H groups in total. The largest absolute Gasteiger partial charge is 0.305 e. The first-order valence-electron chi connectivity index (χ1n) is 5.84. The Morgan fingerprint density at radius 1 is 1.30 bits per heavy atom. The van der Waals surface area contributed by atoms with E-state index in [9.17, 15) is 9.59 Å². The number of nitrogens with zero attached hydrogens (tertiary/aromatic N) is 1. The van der Waals surface area contributed by atoms with E-state index in [2.05, 4.69) is 15.8 Å². The van der Waals surface area contributed by atoms with Crippen molar-refractivity contribution in [3.8, 4) is 0 Å². The monoisotopic (exact) mass is 289 g/mol. The maximum absolute atomic E-state index is 11.8. The molecule has 1 heterocycles. The molecule has 102 valence electrons. The SMILES string of the molecule is CC1=CC(Cl)=CC(=CNNC(=O)c2ccncc2)C1=O. The zero-order valence-corrected chi connectivity index (χ0v) is 11.4. The lowest BCUT2D eigenvalue weighted by atomic mass is 10.0. The van der Waals surface area contributed by atoms with Crippen molar-refractivity contribution < 1.29 is 9.59 Å². The van der Waals surface area contributed by atoms with E-state index in [1.165, 1.54) is 24.7 Å². The van der Waals surface area contributed by atoms with Crippen molar-refractivity contribution in [3.05, 3.63) is 64.6 Å². The molecule has 20 heavy (non-hydrogen) atoms. The predicted octanol–water partition coefficient (Wildman–Crippen LogP) is 1.85. The Labute approximate surface area is 121 Å². The van der Waals surface area contributed by atoms with Crippen molar-refractivity contribution in [2.24, 2.45) is 0 Å². The molecule has 1 aliphatic carbocycles. The van der Waals surface area contributed by atoms with Crippen molar-refractivity contribution >= 4 is 23.3 Å². The van der Waals surface area contributed by atoms with Gasteiger partial charge in [-0.2, -0.15) is 0 Å². The number of hydrazine groups is 1. The molecule has 0 saturated carbocycles. The van der Waals surface area contributed by atoms with Gasteiger partial charge in [0.25, 0.3) is 5.91 Å². The minimum absolute atomic E-state index is 0.139. The Morgan fingerprint density at radius 2 is 2.00 bits per heavy atom. The fourth-order valence-corrected chi connectivity index (χ4v) is 1.90. The topological polar surface area (TPSA) is 71.1 Å². The smallest absolute Gasteiger partial charge is 0.269 e. The summed E-state index contributed by atoms with van der Waals surface area (Å²) >= 11 is 5.88. The van der Waals surface area contributed by atoms with Crippen molar-refractivity contribution in [2.75, 3.05) is 0 Å². The second-order valence-corrected chi connectivity index (χ2v) is 4.56. The van der Waals surface area contributed by atoms with E-state index in [-0.39, 0.29) is 11.7 Å². The van der Waals surface area contributed by atoms with Gasteiger partial charge in [-0.15, -0.1) is 0 Å². The van der Waals surface area contributed by atoms with E-state index in [0.29, 0.717) is 21.7 Å². The molecule has 6 heteroatoms. The lowest BCUT2D eigenvalue weighted by Gasteiger charge is -2.10. The van der Waals surface area contributed by atoms with Crippen LogP contribution in [0.5, 0.6) is 0 Å². The molecule has 5 nitrogen and oxygen atoms in total. The molecule has 1 amide bonds. The molecular weight excluding hydrogens is 278 g/mol. The van der Waals surface area contributed by atoms with Gasteiger partial charge in [0.1, 0.15) is 0 Å². The molecule has 0 atom stereocenters. The van der Waals surface area contributed by atoms with Crippen molar-refractivity contribution in [1.29, 1.82) is 0 Å². The van der Waals surface area contributed by atoms with Gasteiger partial charge in [-0.1, -0.05) is 11.6 Å². The van der Waals surface area contributed by atoms with Gasteiger partial charge in [-0.25, -0.2) is 0 Å². The van der Waals surface area contributed by atoms with Crippen LogP contribution in [0.15, 0.2) is 59.1 Å². The zero-order valence-electron chi connectivity index (χ0n) is 10.7. The molecule has 0 saturated heterocycles. The standard InChI is InChI=1S/C14H12ClN3O2/c1-9-6-12(15)7-11(13(9)19)8-17-18-14(20)10-2-4-16-5-3-10/h2-8,17H,1H3,(H,18,20). The average Bonchev–Trinajstić information content (AvgIpc) is 2.44. The summed E-state index contributed by atoms with van der Waals surface area (Å²) < 4.78 is 0. The first-order chi connectivity index (χ1) is 9.58. The van der Waals surface area contributed by atoms with Gasteiger partial charge < -0.3 is 5.43 Å². The number of pyridine rings is 1. The van der Waals surface area contributed by atoms with Crippen LogP contribution in [0.3, 0.4) is 0 Å². The van der Waals surface area contributed by atoms with E-state index in [1.54, 1.807) is 25.1 Å². The summed E-state index contributed by atoms with van der Waals surface area (Å²) in [6.07, 6.45) is 7.57. The first-order valence-corrected chi connectivity index (χ1v) is 6.22. The fourth-order valence-electron chi connectivity index (χ4n) is 1.62. The van der Waals surface area contributed by atoms with Crippen LogP contribution in [0.25, 0.3) is 0 Å². The predicted molar refractivity (Wildman–Crippen MR) is 75.6 cm³/mol. The van der Waals surface area contributed by atoms with Crippen LogP contribution in [0.4, 0.5) is 0 Å². The van der Waals surface area contributed by atoms with Crippen LogP contribution in [0, 0.1) is 0 Å². The number of allylic oxidation sites excluding steroid dienone is 5. The van der Waals surface area contributed by atoms with Crippen molar-refractivity contribution in [2.45, 2.75) is 6.92 Å². The third kappa shape index (κ3) is 3.33. The zero-order chi connectivity index (χ0) is 14.5. The summed E-state index contributed by atoms with van der Waals surface area (Å²) in [6, 6.07) is 3.17. The summed E-state index contributed by atoms with van der Waals surface area (Å²) in [5, 5.41) is 0.468. The molecule has 0 aliphatic heterocycles. The highest BCUT2D eigenvalue weighted by Crippen LogP contribution is 2.20. The van der Waals surface area contributed by atoms with Crippen LogP contribution in [-0.2, 0) is 4.79 Å². The normalized spacial score (nSPS) is 16.5. The second-order valence-electron chi connectivity index (χ2n) is 4.12. The lowest BCUT2D eigenvalue weighted by Crippen LogP contribution is -2.34. The van der Waals surface area contributed by atoms with Gasteiger partial charge in [-0.05, 0) is 36.8 Å². The summed E-state index contributed by atoms with van der Waals surface area (Å²) in [7, 11) is 0. The van der Waals surface area contributed by atoms with Crippen LogP contribution in [0.1, 0.15) is 17.3 Å². The van der Waals surface area contributed by atoms with Gasteiger partial charge in [0, 0.05) is 34.8 Å². The summed E-state index contributed by atoms with van der Waals surface area (Å²) in [5.74, 6) is -0.463. The number of ketones is 1. The van der Waals surface area contributed by atoms with Crippen LogP contribution in [-0.4, -0.2) is 16.7 Å². The molecule has 0 fully saturated rings. The van der Waals surface area contributed by atoms with E-state index in [0.717, 1.165) is 0 Å². The quantitative estimate of drug-likeness (QED) is 0.658. The van der Waals surface area contributed by atoms with Crippen molar-refractivity contribution in [3.63, 3.8) is 0 Å². The molecule has 0 radical (unpaired) electrons. The first kappa shape index (κ1) is 14.0. The number of carbonyl (C=O) groups excluding carboxylic acids is 2. The molecule has 0 unspecified atom stereocenters. The maximum atomic E-state index is 11.8. The Balaban J connectivity index is 1.99. The van der Waals surface area contributed by atoms with Gasteiger partial charge >= 0.3 is 0 Å². The molecule has 0 spiro atoms. The number of halogens is 1. The highest BCUT2D eigenvalue weighted by molar-refractivity contribution is 6.33.